The minimum absolute atomic E-state index is 0.539. The summed E-state index contributed by atoms with van der Waals surface area (Å²) in [4.78, 5) is 8.80. The van der Waals surface area contributed by atoms with Crippen LogP contribution < -0.4 is 5.73 Å². The summed E-state index contributed by atoms with van der Waals surface area (Å²) in [6.45, 7) is 5.92. The quantitative estimate of drug-likeness (QED) is 0.783. The van der Waals surface area contributed by atoms with Crippen LogP contribution in [0.4, 0.5) is 5.69 Å². The van der Waals surface area contributed by atoms with Gasteiger partial charge in [-0.05, 0) is 26.8 Å². The van der Waals surface area contributed by atoms with Crippen LogP contribution in [0.3, 0.4) is 0 Å². The van der Waals surface area contributed by atoms with Gasteiger partial charge in [-0.15, -0.1) is 0 Å². The molecule has 0 spiro atoms. The summed E-state index contributed by atoms with van der Waals surface area (Å²) < 4.78 is 1.63. The molecule has 3 rings (SSSR count). The number of anilines is 1. The van der Waals surface area contributed by atoms with Gasteiger partial charge in [0.1, 0.15) is 5.69 Å². The first-order chi connectivity index (χ1) is 10.0. The fraction of sp³-hybridized carbons (Fsp3) is 0.188. The molecule has 0 bridgehead atoms. The molecule has 0 atom stereocenters. The minimum Gasteiger partial charge on any atom is -0.396 e. The number of aromatic nitrogens is 4. The molecule has 0 amide bonds. The monoisotopic (exact) mass is 279 g/mol. The number of nitrogens with zero attached hydrogens (tertiary/aromatic N) is 4. The van der Waals surface area contributed by atoms with Crippen LogP contribution in [0, 0.1) is 20.8 Å². The van der Waals surface area contributed by atoms with E-state index < -0.39 is 0 Å². The fourth-order valence-electron chi connectivity index (χ4n) is 2.24. The third-order valence-corrected chi connectivity index (χ3v) is 3.24. The van der Waals surface area contributed by atoms with E-state index in [9.17, 15) is 0 Å². The van der Waals surface area contributed by atoms with Gasteiger partial charge in [0.15, 0.2) is 0 Å². The van der Waals surface area contributed by atoms with Gasteiger partial charge >= 0.3 is 0 Å². The largest absolute Gasteiger partial charge is 0.396 e. The van der Waals surface area contributed by atoms with E-state index in [0.29, 0.717) is 11.6 Å². The second kappa shape index (κ2) is 5.01. The Morgan fingerprint density at radius 1 is 0.952 bits per heavy atom. The predicted molar refractivity (Wildman–Crippen MR) is 83.2 cm³/mol. The smallest absolute Gasteiger partial charge is 0.251 e. The van der Waals surface area contributed by atoms with Gasteiger partial charge in [-0.25, -0.2) is 14.6 Å². The van der Waals surface area contributed by atoms with Crippen molar-refractivity contribution in [3.05, 3.63) is 53.5 Å². The maximum absolute atomic E-state index is 6.09. The standard InChI is InChI=1S/C16H17N5/c1-10-4-6-13(7-5-10)15-14(17)9-21(20-15)16-18-11(2)8-12(3)19-16/h4-9H,17H2,1-3H3. The van der Waals surface area contributed by atoms with Crippen LogP contribution in [0.15, 0.2) is 36.5 Å². The molecule has 0 radical (unpaired) electrons. The maximum Gasteiger partial charge on any atom is 0.251 e. The van der Waals surface area contributed by atoms with Gasteiger partial charge in [0.2, 0.25) is 0 Å². The van der Waals surface area contributed by atoms with Gasteiger partial charge in [-0.1, -0.05) is 29.8 Å². The van der Waals surface area contributed by atoms with Crippen LogP contribution in [-0.2, 0) is 0 Å². The molecule has 2 heterocycles. The van der Waals surface area contributed by atoms with Crippen LogP contribution in [0.5, 0.6) is 0 Å². The van der Waals surface area contributed by atoms with E-state index in [-0.39, 0.29) is 0 Å². The third-order valence-electron chi connectivity index (χ3n) is 3.24. The van der Waals surface area contributed by atoms with Crippen molar-refractivity contribution in [2.45, 2.75) is 20.8 Å². The number of nitrogens with two attached hydrogens (primary N) is 1. The maximum atomic E-state index is 6.09. The van der Waals surface area contributed by atoms with Gasteiger partial charge < -0.3 is 5.73 Å². The van der Waals surface area contributed by atoms with Crippen LogP contribution in [-0.4, -0.2) is 19.7 Å². The average molecular weight is 279 g/mol. The number of rotatable bonds is 2. The summed E-state index contributed by atoms with van der Waals surface area (Å²) in [6, 6.07) is 10.0. The first-order valence-electron chi connectivity index (χ1n) is 6.78. The zero-order valence-corrected chi connectivity index (χ0v) is 12.3. The van der Waals surface area contributed by atoms with Crippen LogP contribution in [0.2, 0.25) is 0 Å². The van der Waals surface area contributed by atoms with E-state index in [1.54, 1.807) is 10.9 Å². The Labute approximate surface area is 123 Å². The first-order valence-corrected chi connectivity index (χ1v) is 6.78. The molecule has 21 heavy (non-hydrogen) atoms. The van der Waals surface area contributed by atoms with Crippen LogP contribution in [0.25, 0.3) is 17.2 Å². The molecule has 0 aliphatic rings. The van der Waals surface area contributed by atoms with Crippen molar-refractivity contribution < 1.29 is 0 Å². The fourth-order valence-corrected chi connectivity index (χ4v) is 2.24. The Morgan fingerprint density at radius 3 is 2.19 bits per heavy atom. The van der Waals surface area contributed by atoms with Crippen LogP contribution >= 0.6 is 0 Å². The third kappa shape index (κ3) is 2.63. The Morgan fingerprint density at radius 2 is 1.57 bits per heavy atom. The molecule has 0 saturated carbocycles. The lowest BCUT2D eigenvalue weighted by Gasteiger charge is -2.02. The molecule has 5 heteroatoms. The Hall–Kier alpha value is -2.69. The van der Waals surface area contributed by atoms with E-state index in [1.807, 2.05) is 44.2 Å². The van der Waals surface area contributed by atoms with Crippen molar-refractivity contribution in [2.24, 2.45) is 0 Å². The lowest BCUT2D eigenvalue weighted by molar-refractivity contribution is 0.796. The van der Waals surface area contributed by atoms with E-state index in [4.69, 9.17) is 5.73 Å². The number of benzene rings is 1. The molecule has 2 N–H and O–H groups in total. The molecule has 0 unspecified atom stereocenters. The molecule has 0 fully saturated rings. The molecule has 2 aromatic heterocycles. The molecule has 3 aromatic rings. The summed E-state index contributed by atoms with van der Waals surface area (Å²) in [7, 11) is 0. The highest BCUT2D eigenvalue weighted by Gasteiger charge is 2.11. The topological polar surface area (TPSA) is 69.6 Å². The van der Waals surface area contributed by atoms with Crippen molar-refractivity contribution in [1.82, 2.24) is 19.7 Å². The molecule has 0 saturated heterocycles. The van der Waals surface area contributed by atoms with Crippen molar-refractivity contribution in [3.63, 3.8) is 0 Å². The summed E-state index contributed by atoms with van der Waals surface area (Å²) >= 11 is 0. The highest BCUT2D eigenvalue weighted by atomic mass is 15.3. The predicted octanol–water partition coefficient (Wildman–Crippen LogP) is 2.84. The van der Waals surface area contributed by atoms with Crippen molar-refractivity contribution in [2.75, 3.05) is 5.73 Å². The van der Waals surface area contributed by atoms with Gasteiger partial charge in [0.05, 0.1) is 11.9 Å². The molecular formula is C16H17N5. The van der Waals surface area contributed by atoms with Gasteiger partial charge in [-0.3, -0.25) is 0 Å². The summed E-state index contributed by atoms with van der Waals surface area (Å²) in [5, 5.41) is 4.53. The highest BCUT2D eigenvalue weighted by molar-refractivity contribution is 5.72. The van der Waals surface area contributed by atoms with E-state index in [1.165, 1.54) is 5.56 Å². The highest BCUT2D eigenvalue weighted by Crippen LogP contribution is 2.25. The first kappa shape index (κ1) is 13.3. The zero-order chi connectivity index (χ0) is 15.0. The summed E-state index contributed by atoms with van der Waals surface area (Å²) in [6.07, 6.45) is 1.75. The number of hydrogen-bond donors (Lipinski definition) is 1. The normalized spacial score (nSPS) is 10.8. The summed E-state index contributed by atoms with van der Waals surface area (Å²) in [5.41, 5.74) is 11.4. The zero-order valence-electron chi connectivity index (χ0n) is 12.3. The minimum atomic E-state index is 0.539. The van der Waals surface area contributed by atoms with Gasteiger partial charge in [-0.2, -0.15) is 5.10 Å². The molecular weight excluding hydrogens is 262 g/mol. The average Bonchev–Trinajstić information content (AvgIpc) is 2.81. The molecule has 0 aliphatic heterocycles. The number of aryl methyl sites for hydroxylation is 3. The van der Waals surface area contributed by atoms with E-state index >= 15 is 0 Å². The van der Waals surface area contributed by atoms with Crippen molar-refractivity contribution >= 4 is 5.69 Å². The summed E-state index contributed by atoms with van der Waals surface area (Å²) in [5.74, 6) is 0.539. The van der Waals surface area contributed by atoms with Crippen molar-refractivity contribution in [3.8, 4) is 17.2 Å². The molecule has 5 nitrogen and oxygen atoms in total. The lowest BCUT2D eigenvalue weighted by Crippen LogP contribution is -2.04. The Bertz CT molecular complexity index is 767. The SMILES string of the molecule is Cc1ccc(-c2nn(-c3nc(C)cc(C)n3)cc2N)cc1. The number of hydrogen-bond acceptors (Lipinski definition) is 4. The second-order valence-corrected chi connectivity index (χ2v) is 5.19. The van der Waals surface area contributed by atoms with E-state index in [0.717, 1.165) is 22.6 Å². The molecule has 1 aromatic carbocycles. The van der Waals surface area contributed by atoms with Crippen LogP contribution in [0.1, 0.15) is 17.0 Å². The van der Waals surface area contributed by atoms with E-state index in [2.05, 4.69) is 22.0 Å². The molecule has 0 aliphatic carbocycles. The van der Waals surface area contributed by atoms with Gasteiger partial charge in [0, 0.05) is 17.0 Å². The van der Waals surface area contributed by atoms with Gasteiger partial charge in [0.25, 0.3) is 5.95 Å². The lowest BCUT2D eigenvalue weighted by atomic mass is 10.1. The molecule has 106 valence electrons. The Kier molecular flexibility index (Phi) is 3.17. The number of nitrogen functional groups attached to an aromatic ring is 1. The Balaban J connectivity index is 2.07. The second-order valence-electron chi connectivity index (χ2n) is 5.19. The van der Waals surface area contributed by atoms with Crippen molar-refractivity contribution in [1.29, 1.82) is 0 Å².